The molecule has 0 aromatic heterocycles. The van der Waals surface area contributed by atoms with E-state index in [-0.39, 0.29) is 5.91 Å². The second kappa shape index (κ2) is 7.47. The molecule has 25 heavy (non-hydrogen) atoms. The number of nitrogens with zero attached hydrogens (tertiary/aromatic N) is 1. The number of para-hydroxylation sites is 1. The number of halogens is 1. The summed E-state index contributed by atoms with van der Waals surface area (Å²) >= 11 is 12.5. The molecule has 2 aromatic rings. The molecule has 2 aromatic carbocycles. The van der Waals surface area contributed by atoms with Crippen molar-refractivity contribution >= 4 is 57.6 Å². The van der Waals surface area contributed by atoms with Gasteiger partial charge in [0, 0.05) is 10.6 Å². The van der Waals surface area contributed by atoms with Crippen LogP contribution in [0.1, 0.15) is 5.56 Å². The molecule has 3 rings (SSSR count). The molecule has 0 aliphatic carbocycles. The minimum Gasteiger partial charge on any atom is -0.493 e. The lowest BCUT2D eigenvalue weighted by Crippen LogP contribution is -2.27. The summed E-state index contributed by atoms with van der Waals surface area (Å²) in [5, 5.41) is 0.603. The van der Waals surface area contributed by atoms with Crippen LogP contribution >= 0.6 is 35.6 Å². The molecular formula is C18H14ClNO3S2. The van der Waals surface area contributed by atoms with Crippen LogP contribution in [0.2, 0.25) is 5.02 Å². The predicted molar refractivity (Wildman–Crippen MR) is 107 cm³/mol. The third-order valence-corrected chi connectivity index (χ3v) is 5.15. The number of rotatable bonds is 4. The highest BCUT2D eigenvalue weighted by molar-refractivity contribution is 8.27. The van der Waals surface area contributed by atoms with E-state index in [1.54, 1.807) is 50.6 Å². The Kier molecular flexibility index (Phi) is 5.32. The minimum atomic E-state index is -0.179. The van der Waals surface area contributed by atoms with Crippen molar-refractivity contribution in [2.24, 2.45) is 0 Å². The van der Waals surface area contributed by atoms with Crippen LogP contribution < -0.4 is 14.4 Å². The first-order chi connectivity index (χ1) is 12.0. The SMILES string of the molecule is COc1cccc(/C=C2/SC(=S)N(c3ccc(Cl)cc3)C2=O)c1OC. The highest BCUT2D eigenvalue weighted by Gasteiger charge is 2.33. The number of hydrogen-bond acceptors (Lipinski definition) is 5. The minimum absolute atomic E-state index is 0.179. The topological polar surface area (TPSA) is 38.8 Å². The number of thioether (sulfide) groups is 1. The lowest BCUT2D eigenvalue weighted by atomic mass is 10.1. The zero-order valence-corrected chi connectivity index (χ0v) is 15.9. The van der Waals surface area contributed by atoms with Crippen molar-refractivity contribution < 1.29 is 14.3 Å². The summed E-state index contributed by atoms with van der Waals surface area (Å²) in [6.07, 6.45) is 1.76. The molecule has 128 valence electrons. The standard InChI is InChI=1S/C18H14ClNO3S2/c1-22-14-5-3-4-11(16(14)23-2)10-15-17(21)20(18(24)25-15)13-8-6-12(19)7-9-13/h3-10H,1-2H3/b15-10+. The van der Waals surface area contributed by atoms with Crippen LogP contribution in [0.25, 0.3) is 6.08 Å². The van der Waals surface area contributed by atoms with Gasteiger partial charge in [-0.3, -0.25) is 9.69 Å². The number of hydrogen-bond donors (Lipinski definition) is 0. The van der Waals surface area contributed by atoms with Crippen molar-refractivity contribution in [2.45, 2.75) is 0 Å². The van der Waals surface area contributed by atoms with Crippen molar-refractivity contribution in [2.75, 3.05) is 19.1 Å². The fraction of sp³-hybridized carbons (Fsp3) is 0.111. The van der Waals surface area contributed by atoms with Gasteiger partial charge in [0.15, 0.2) is 15.8 Å². The van der Waals surface area contributed by atoms with Gasteiger partial charge in [-0.25, -0.2) is 0 Å². The Bertz CT molecular complexity index is 865. The lowest BCUT2D eigenvalue weighted by Gasteiger charge is -2.14. The average molecular weight is 392 g/mol. The summed E-state index contributed by atoms with van der Waals surface area (Å²) in [6, 6.07) is 12.5. The molecule has 0 bridgehead atoms. The monoisotopic (exact) mass is 391 g/mol. The maximum absolute atomic E-state index is 12.8. The van der Waals surface area contributed by atoms with Crippen molar-refractivity contribution in [1.29, 1.82) is 0 Å². The van der Waals surface area contributed by atoms with Crippen LogP contribution in [0.5, 0.6) is 11.5 Å². The molecule has 0 unspecified atom stereocenters. The van der Waals surface area contributed by atoms with E-state index in [0.29, 0.717) is 31.4 Å². The van der Waals surface area contributed by atoms with Gasteiger partial charge in [0.2, 0.25) is 0 Å². The van der Waals surface area contributed by atoms with Crippen molar-refractivity contribution in [3.8, 4) is 11.5 Å². The van der Waals surface area contributed by atoms with Gasteiger partial charge in [0.05, 0.1) is 24.8 Å². The third-order valence-electron chi connectivity index (χ3n) is 3.60. The van der Waals surface area contributed by atoms with Crippen molar-refractivity contribution in [3.63, 3.8) is 0 Å². The Hall–Kier alpha value is -2.02. The van der Waals surface area contributed by atoms with Crippen LogP contribution in [0.3, 0.4) is 0 Å². The Morgan fingerprint density at radius 1 is 1.12 bits per heavy atom. The van der Waals surface area contributed by atoms with E-state index in [4.69, 9.17) is 33.3 Å². The summed E-state index contributed by atoms with van der Waals surface area (Å²) in [5.74, 6) is 0.994. The molecular weight excluding hydrogens is 378 g/mol. The number of thiocarbonyl (C=S) groups is 1. The van der Waals surface area contributed by atoms with E-state index < -0.39 is 0 Å². The summed E-state index contributed by atoms with van der Waals surface area (Å²) in [5.41, 5.74) is 1.44. The van der Waals surface area contributed by atoms with Gasteiger partial charge >= 0.3 is 0 Å². The number of methoxy groups -OCH3 is 2. The molecule has 0 atom stereocenters. The molecule has 0 saturated carbocycles. The third kappa shape index (κ3) is 3.51. The largest absolute Gasteiger partial charge is 0.493 e. The molecule has 1 heterocycles. The highest BCUT2D eigenvalue weighted by atomic mass is 35.5. The van der Waals surface area contributed by atoms with E-state index in [0.717, 1.165) is 5.56 Å². The second-order valence-corrected chi connectivity index (χ2v) is 7.19. The quantitative estimate of drug-likeness (QED) is 0.554. The summed E-state index contributed by atoms with van der Waals surface area (Å²) < 4.78 is 11.2. The molecule has 0 N–H and O–H groups in total. The first kappa shape index (κ1) is 17.8. The molecule has 7 heteroatoms. The summed E-state index contributed by atoms with van der Waals surface area (Å²) in [4.78, 5) is 14.8. The molecule has 1 fully saturated rings. The number of ether oxygens (including phenoxy) is 2. The molecule has 1 saturated heterocycles. The van der Waals surface area contributed by atoms with Gasteiger partial charge in [-0.1, -0.05) is 47.7 Å². The smallest absolute Gasteiger partial charge is 0.270 e. The molecule has 1 aliphatic heterocycles. The predicted octanol–water partition coefficient (Wildman–Crippen LogP) is 4.76. The maximum atomic E-state index is 12.8. The number of carbonyl (C=O) groups excluding carboxylic acids is 1. The maximum Gasteiger partial charge on any atom is 0.270 e. The van der Waals surface area contributed by atoms with Gasteiger partial charge < -0.3 is 9.47 Å². The van der Waals surface area contributed by atoms with E-state index in [9.17, 15) is 4.79 Å². The van der Waals surface area contributed by atoms with Gasteiger partial charge in [-0.15, -0.1) is 0 Å². The van der Waals surface area contributed by atoms with E-state index >= 15 is 0 Å². The van der Waals surface area contributed by atoms with Crippen LogP contribution in [0.4, 0.5) is 5.69 Å². The van der Waals surface area contributed by atoms with E-state index in [1.165, 1.54) is 16.7 Å². The summed E-state index contributed by atoms with van der Waals surface area (Å²) in [7, 11) is 3.13. The second-order valence-electron chi connectivity index (χ2n) is 5.08. The zero-order valence-electron chi connectivity index (χ0n) is 13.5. The van der Waals surface area contributed by atoms with E-state index in [1.807, 2.05) is 12.1 Å². The van der Waals surface area contributed by atoms with Crippen molar-refractivity contribution in [1.82, 2.24) is 0 Å². The summed E-state index contributed by atoms with van der Waals surface area (Å²) in [6.45, 7) is 0. The van der Waals surface area contributed by atoms with Gasteiger partial charge in [-0.05, 0) is 36.4 Å². The first-order valence-corrected chi connectivity index (χ1v) is 8.90. The average Bonchev–Trinajstić information content (AvgIpc) is 2.89. The Morgan fingerprint density at radius 3 is 2.48 bits per heavy atom. The molecule has 1 amide bonds. The Balaban J connectivity index is 1.97. The zero-order chi connectivity index (χ0) is 18.0. The molecule has 0 spiro atoms. The van der Waals surface area contributed by atoms with Crippen LogP contribution in [-0.4, -0.2) is 24.4 Å². The normalized spacial score (nSPS) is 15.8. The molecule has 1 aliphatic rings. The van der Waals surface area contributed by atoms with Gasteiger partial charge in [0.25, 0.3) is 5.91 Å². The molecule has 4 nitrogen and oxygen atoms in total. The van der Waals surface area contributed by atoms with E-state index in [2.05, 4.69) is 0 Å². The van der Waals surface area contributed by atoms with Gasteiger partial charge in [0.1, 0.15) is 0 Å². The van der Waals surface area contributed by atoms with Crippen LogP contribution in [0.15, 0.2) is 47.4 Å². The molecule has 0 radical (unpaired) electrons. The fourth-order valence-electron chi connectivity index (χ4n) is 2.45. The number of carbonyl (C=O) groups is 1. The van der Waals surface area contributed by atoms with Crippen LogP contribution in [0, 0.1) is 0 Å². The highest BCUT2D eigenvalue weighted by Crippen LogP contribution is 2.39. The Labute approximate surface area is 160 Å². The van der Waals surface area contributed by atoms with Crippen molar-refractivity contribution in [3.05, 3.63) is 58.0 Å². The Morgan fingerprint density at radius 2 is 1.84 bits per heavy atom. The number of benzene rings is 2. The number of anilines is 1. The van der Waals surface area contributed by atoms with Gasteiger partial charge in [-0.2, -0.15) is 0 Å². The lowest BCUT2D eigenvalue weighted by molar-refractivity contribution is -0.113. The first-order valence-electron chi connectivity index (χ1n) is 7.29. The van der Waals surface area contributed by atoms with Crippen LogP contribution in [-0.2, 0) is 4.79 Å². The number of amides is 1. The fourth-order valence-corrected chi connectivity index (χ4v) is 3.86.